The van der Waals surface area contributed by atoms with E-state index in [0.29, 0.717) is 18.1 Å². The Morgan fingerprint density at radius 3 is 2.53 bits per heavy atom. The highest BCUT2D eigenvalue weighted by Crippen LogP contribution is 2.39. The molecule has 3 heterocycles. The Labute approximate surface area is 217 Å². The first-order valence-electron chi connectivity index (χ1n) is 11.7. The first-order valence-corrected chi connectivity index (χ1v) is 12.8. The van der Waals surface area contributed by atoms with Crippen molar-refractivity contribution in [2.45, 2.75) is 31.2 Å². The molecule has 0 radical (unpaired) electrons. The third kappa shape index (κ3) is 5.47. The van der Waals surface area contributed by atoms with Gasteiger partial charge in [0.25, 0.3) is 0 Å². The number of likely N-dealkylation sites (tertiary alicyclic amines) is 1. The highest BCUT2D eigenvalue weighted by molar-refractivity contribution is 7.19. The summed E-state index contributed by atoms with van der Waals surface area (Å²) < 4.78 is 40.3. The van der Waals surface area contributed by atoms with Crippen molar-refractivity contribution in [3.8, 4) is 12.0 Å². The van der Waals surface area contributed by atoms with Crippen molar-refractivity contribution in [1.82, 2.24) is 9.80 Å². The van der Waals surface area contributed by atoms with Crippen molar-refractivity contribution in [2.24, 2.45) is 0 Å². The molecule has 1 aromatic heterocycles. The van der Waals surface area contributed by atoms with Gasteiger partial charge in [0.15, 0.2) is 5.60 Å². The SMILES string of the molecule is OC1(C(F)(F)F)CCN(Cc2cc3cc(C#CN4C=C(c5ccc(Cl)cc5)C=CC4)ccc3s2)CC1. The first kappa shape index (κ1) is 24.9. The number of rotatable bonds is 3. The Balaban J connectivity index is 1.25. The molecule has 8 heteroatoms. The summed E-state index contributed by atoms with van der Waals surface area (Å²) in [5, 5.41) is 11.7. The molecule has 0 atom stereocenters. The van der Waals surface area contributed by atoms with E-state index in [9.17, 15) is 18.3 Å². The zero-order chi connectivity index (χ0) is 25.3. The molecule has 2 aromatic carbocycles. The van der Waals surface area contributed by atoms with Gasteiger partial charge in [-0.1, -0.05) is 35.9 Å². The monoisotopic (exact) mass is 528 g/mol. The number of benzene rings is 2. The first-order chi connectivity index (χ1) is 17.2. The minimum atomic E-state index is -4.58. The summed E-state index contributed by atoms with van der Waals surface area (Å²) >= 11 is 7.63. The van der Waals surface area contributed by atoms with Gasteiger partial charge in [-0.3, -0.25) is 4.90 Å². The molecule has 0 spiro atoms. The second kappa shape index (κ2) is 9.95. The molecule has 0 amide bonds. The molecule has 2 aliphatic heterocycles. The van der Waals surface area contributed by atoms with Crippen LogP contribution in [0.3, 0.4) is 0 Å². The predicted molar refractivity (Wildman–Crippen MR) is 139 cm³/mol. The number of allylic oxidation sites excluding steroid dienone is 2. The van der Waals surface area contributed by atoms with Crippen LogP contribution in [0.2, 0.25) is 5.02 Å². The van der Waals surface area contributed by atoms with Gasteiger partial charge in [-0.15, -0.1) is 11.3 Å². The summed E-state index contributed by atoms with van der Waals surface area (Å²) in [6.07, 6.45) is 1.01. The maximum Gasteiger partial charge on any atom is 0.417 e. The van der Waals surface area contributed by atoms with E-state index in [0.717, 1.165) is 31.7 Å². The summed E-state index contributed by atoms with van der Waals surface area (Å²) in [5.74, 6) is 3.24. The fourth-order valence-corrected chi connectivity index (χ4v) is 5.64. The van der Waals surface area contributed by atoms with Gasteiger partial charge in [-0.25, -0.2) is 0 Å². The van der Waals surface area contributed by atoms with E-state index in [1.165, 1.54) is 0 Å². The van der Waals surface area contributed by atoms with E-state index < -0.39 is 11.8 Å². The average molecular weight is 529 g/mol. The van der Waals surface area contributed by atoms with E-state index in [4.69, 9.17) is 11.6 Å². The van der Waals surface area contributed by atoms with E-state index in [1.807, 2.05) is 58.5 Å². The number of thiophene rings is 1. The van der Waals surface area contributed by atoms with Crippen LogP contribution in [0, 0.1) is 12.0 Å². The van der Waals surface area contributed by atoms with E-state index >= 15 is 0 Å². The van der Waals surface area contributed by atoms with Crippen molar-refractivity contribution in [2.75, 3.05) is 19.6 Å². The van der Waals surface area contributed by atoms with Gasteiger partial charge < -0.3 is 10.0 Å². The van der Waals surface area contributed by atoms with Crippen LogP contribution in [0.4, 0.5) is 13.2 Å². The molecule has 0 bridgehead atoms. The molecule has 3 nitrogen and oxygen atoms in total. The van der Waals surface area contributed by atoms with Crippen molar-refractivity contribution < 1.29 is 18.3 Å². The molecular weight excluding hydrogens is 505 g/mol. The van der Waals surface area contributed by atoms with Gasteiger partial charge in [0.05, 0.1) is 0 Å². The van der Waals surface area contributed by atoms with E-state index in [-0.39, 0.29) is 25.9 Å². The molecular formula is C28H24ClF3N2OS. The highest BCUT2D eigenvalue weighted by Gasteiger charge is 2.54. The Morgan fingerprint density at radius 1 is 1.06 bits per heavy atom. The molecule has 5 rings (SSSR count). The van der Waals surface area contributed by atoms with Gasteiger partial charge >= 0.3 is 6.18 Å². The fourth-order valence-electron chi connectivity index (χ4n) is 4.42. The smallest absolute Gasteiger partial charge is 0.380 e. The maximum absolute atomic E-state index is 13.1. The van der Waals surface area contributed by atoms with Crippen LogP contribution in [0.25, 0.3) is 15.7 Å². The zero-order valence-corrected chi connectivity index (χ0v) is 20.9. The standard InChI is InChI=1S/C28H24ClF3N2OS/c29-24-6-4-21(5-7-24)22-2-1-12-33(18-22)13-9-20-3-8-26-23(16-20)17-25(36-26)19-34-14-10-27(35,11-15-34)28(30,31)32/h1-8,16-18,35H,10-12,14-15,19H2. The summed E-state index contributed by atoms with van der Waals surface area (Å²) in [7, 11) is 0. The van der Waals surface area contributed by atoms with Crippen molar-refractivity contribution in [1.29, 1.82) is 0 Å². The third-order valence-corrected chi connectivity index (χ3v) is 7.93. The molecule has 0 unspecified atom stereocenters. The lowest BCUT2D eigenvalue weighted by molar-refractivity contribution is -0.272. The van der Waals surface area contributed by atoms with Crippen LogP contribution < -0.4 is 0 Å². The molecule has 1 fully saturated rings. The summed E-state index contributed by atoms with van der Waals surface area (Å²) in [6, 6.07) is 19.1. The Kier molecular flexibility index (Phi) is 6.88. The number of aliphatic hydroxyl groups is 1. The number of halogens is 4. The number of piperidine rings is 1. The van der Waals surface area contributed by atoms with Crippen LogP contribution in [0.1, 0.15) is 28.8 Å². The largest absolute Gasteiger partial charge is 0.417 e. The third-order valence-electron chi connectivity index (χ3n) is 6.57. The summed E-state index contributed by atoms with van der Waals surface area (Å²) in [5.41, 5.74) is 0.477. The molecule has 2 aliphatic rings. The van der Waals surface area contributed by atoms with Gasteiger partial charge in [0, 0.05) is 58.6 Å². The number of hydrogen-bond acceptors (Lipinski definition) is 4. The molecule has 186 valence electrons. The van der Waals surface area contributed by atoms with Gasteiger partial charge in [0.2, 0.25) is 0 Å². The maximum atomic E-state index is 13.1. The quantitative estimate of drug-likeness (QED) is 0.385. The lowest BCUT2D eigenvalue weighted by Crippen LogP contribution is -2.53. The second-order valence-corrected chi connectivity index (χ2v) is 10.8. The van der Waals surface area contributed by atoms with Crippen molar-refractivity contribution in [3.05, 3.63) is 87.9 Å². The second-order valence-electron chi connectivity index (χ2n) is 9.15. The Hall–Kier alpha value is -2.76. The summed E-state index contributed by atoms with van der Waals surface area (Å²) in [6.45, 7) is 1.72. The number of nitrogens with zero attached hydrogens (tertiary/aromatic N) is 2. The van der Waals surface area contributed by atoms with Crippen LogP contribution in [-0.4, -0.2) is 46.3 Å². The number of alkyl halides is 3. The van der Waals surface area contributed by atoms with E-state index in [2.05, 4.69) is 30.2 Å². The van der Waals surface area contributed by atoms with Gasteiger partial charge in [0.1, 0.15) is 0 Å². The zero-order valence-electron chi connectivity index (χ0n) is 19.4. The normalized spacial score (nSPS) is 18.1. The van der Waals surface area contributed by atoms with Crippen LogP contribution in [0.15, 0.2) is 66.9 Å². The van der Waals surface area contributed by atoms with Crippen LogP contribution >= 0.6 is 22.9 Å². The fraction of sp³-hybridized carbons (Fsp3) is 0.286. The number of hydrogen-bond donors (Lipinski definition) is 1. The molecule has 1 N–H and O–H groups in total. The molecule has 3 aromatic rings. The minimum absolute atomic E-state index is 0.219. The Morgan fingerprint density at radius 2 is 1.81 bits per heavy atom. The van der Waals surface area contributed by atoms with Crippen LogP contribution in [0.5, 0.6) is 0 Å². The van der Waals surface area contributed by atoms with Gasteiger partial charge in [-0.2, -0.15) is 13.2 Å². The van der Waals surface area contributed by atoms with Crippen molar-refractivity contribution >= 4 is 38.6 Å². The molecule has 1 saturated heterocycles. The lowest BCUT2D eigenvalue weighted by Gasteiger charge is -2.38. The van der Waals surface area contributed by atoms with Crippen molar-refractivity contribution in [3.63, 3.8) is 0 Å². The number of fused-ring (bicyclic) bond motifs is 1. The van der Waals surface area contributed by atoms with Crippen LogP contribution in [-0.2, 0) is 6.54 Å². The predicted octanol–water partition coefficient (Wildman–Crippen LogP) is 6.67. The summed E-state index contributed by atoms with van der Waals surface area (Å²) in [4.78, 5) is 5.01. The lowest BCUT2D eigenvalue weighted by atomic mass is 9.91. The highest BCUT2D eigenvalue weighted by atomic mass is 35.5. The minimum Gasteiger partial charge on any atom is -0.380 e. The molecule has 36 heavy (non-hydrogen) atoms. The topological polar surface area (TPSA) is 26.7 Å². The Bertz CT molecular complexity index is 1370. The molecule has 0 aliphatic carbocycles. The average Bonchev–Trinajstić information content (AvgIpc) is 3.26. The van der Waals surface area contributed by atoms with E-state index in [1.54, 1.807) is 11.3 Å². The van der Waals surface area contributed by atoms with Gasteiger partial charge in [-0.05, 0) is 71.7 Å². The molecule has 0 saturated carbocycles.